The normalized spacial score (nSPS) is 15.4. The summed E-state index contributed by atoms with van der Waals surface area (Å²) in [7, 11) is 1.52. The lowest BCUT2D eigenvalue weighted by molar-refractivity contribution is -0.138. The standard InChI is InChI=1S/C33H34F4O4/c1-5-21(16-31(38)39)22-14-23(33(35,36)37)17-25(15-22)41-19-20-8-10-26(28-18-24(40-4)9-11-30(28)34)27(13-20)29-7-6-12-32(29,2)3/h7-11,13-15,17-18,21H,5-6,12,16,19H2,1-4H3,(H,38,39)/t21-/m0/s1. The number of carboxylic acids is 1. The van der Waals surface area contributed by atoms with E-state index in [1.807, 2.05) is 6.07 Å². The van der Waals surface area contributed by atoms with Crippen LogP contribution in [0.15, 0.2) is 60.7 Å². The van der Waals surface area contributed by atoms with Crippen molar-refractivity contribution in [2.75, 3.05) is 7.11 Å². The minimum atomic E-state index is -4.62. The Labute approximate surface area is 237 Å². The van der Waals surface area contributed by atoms with E-state index in [9.17, 15) is 23.1 Å². The van der Waals surface area contributed by atoms with Crippen LogP contribution in [-0.4, -0.2) is 18.2 Å². The number of carbonyl (C=O) groups is 1. The number of hydrogen-bond donors (Lipinski definition) is 1. The smallest absolute Gasteiger partial charge is 0.416 e. The molecule has 0 heterocycles. The van der Waals surface area contributed by atoms with Gasteiger partial charge in [-0.15, -0.1) is 0 Å². The summed E-state index contributed by atoms with van der Waals surface area (Å²) in [4.78, 5) is 11.3. The average molecular weight is 571 g/mol. The van der Waals surface area contributed by atoms with E-state index in [4.69, 9.17) is 9.47 Å². The third-order valence-corrected chi connectivity index (χ3v) is 7.73. The maximum absolute atomic E-state index is 15.0. The van der Waals surface area contributed by atoms with Gasteiger partial charge in [0.25, 0.3) is 0 Å². The molecule has 0 aliphatic heterocycles. The molecule has 0 saturated heterocycles. The second-order valence-electron chi connectivity index (χ2n) is 11.0. The fraction of sp³-hybridized carbons (Fsp3) is 0.364. The molecular formula is C33H34F4O4. The van der Waals surface area contributed by atoms with E-state index in [0.717, 1.165) is 36.1 Å². The van der Waals surface area contributed by atoms with Crippen molar-refractivity contribution >= 4 is 11.5 Å². The van der Waals surface area contributed by atoms with E-state index >= 15 is 4.39 Å². The molecule has 0 radical (unpaired) electrons. The molecule has 0 saturated carbocycles. The monoisotopic (exact) mass is 570 g/mol. The highest BCUT2D eigenvalue weighted by atomic mass is 19.4. The molecular weight excluding hydrogens is 536 g/mol. The molecule has 0 aromatic heterocycles. The lowest BCUT2D eigenvalue weighted by Crippen LogP contribution is -2.11. The van der Waals surface area contributed by atoms with Crippen molar-refractivity contribution in [3.63, 3.8) is 0 Å². The molecule has 0 bridgehead atoms. The van der Waals surface area contributed by atoms with Crippen molar-refractivity contribution < 1.29 is 36.9 Å². The molecule has 1 aliphatic carbocycles. The van der Waals surface area contributed by atoms with Gasteiger partial charge in [0, 0.05) is 5.56 Å². The number of alkyl halides is 3. The number of aliphatic carboxylic acids is 1. The Morgan fingerprint density at radius 2 is 1.76 bits per heavy atom. The van der Waals surface area contributed by atoms with Gasteiger partial charge in [0.05, 0.1) is 19.1 Å². The summed E-state index contributed by atoms with van der Waals surface area (Å²) >= 11 is 0. The molecule has 3 aromatic rings. The first-order valence-corrected chi connectivity index (χ1v) is 13.6. The van der Waals surface area contributed by atoms with Gasteiger partial charge in [0.15, 0.2) is 0 Å². The van der Waals surface area contributed by atoms with Gasteiger partial charge >= 0.3 is 12.1 Å². The number of halogens is 4. The number of rotatable bonds is 10. The first-order valence-electron chi connectivity index (χ1n) is 13.6. The van der Waals surface area contributed by atoms with E-state index in [0.29, 0.717) is 28.9 Å². The SMILES string of the molecule is CC[C@@H](CC(=O)O)c1cc(OCc2ccc(-c3cc(OC)ccc3F)c(C3=CCCC3(C)C)c2)cc(C(F)(F)F)c1. The van der Waals surface area contributed by atoms with E-state index < -0.39 is 29.4 Å². The molecule has 0 amide bonds. The van der Waals surface area contributed by atoms with Crippen molar-refractivity contribution in [3.05, 3.63) is 88.7 Å². The summed E-state index contributed by atoms with van der Waals surface area (Å²) in [5, 5.41) is 9.24. The van der Waals surface area contributed by atoms with Gasteiger partial charge in [-0.1, -0.05) is 39.0 Å². The van der Waals surface area contributed by atoms with Gasteiger partial charge in [-0.2, -0.15) is 13.2 Å². The van der Waals surface area contributed by atoms with Gasteiger partial charge in [-0.25, -0.2) is 4.39 Å². The summed E-state index contributed by atoms with van der Waals surface area (Å²) in [5.74, 6) is -1.54. The second-order valence-corrected chi connectivity index (χ2v) is 11.0. The number of methoxy groups -OCH3 is 1. The van der Waals surface area contributed by atoms with Crippen molar-refractivity contribution in [2.45, 2.75) is 65.2 Å². The van der Waals surface area contributed by atoms with Gasteiger partial charge in [-0.3, -0.25) is 4.79 Å². The van der Waals surface area contributed by atoms with Crippen LogP contribution in [0.3, 0.4) is 0 Å². The van der Waals surface area contributed by atoms with Crippen molar-refractivity contribution in [3.8, 4) is 22.6 Å². The summed E-state index contributed by atoms with van der Waals surface area (Å²) < 4.78 is 67.4. The number of benzene rings is 3. The van der Waals surface area contributed by atoms with Gasteiger partial charge < -0.3 is 14.6 Å². The highest BCUT2D eigenvalue weighted by Gasteiger charge is 2.33. The fourth-order valence-electron chi connectivity index (χ4n) is 5.42. The molecule has 0 spiro atoms. The largest absolute Gasteiger partial charge is 0.497 e. The minimum Gasteiger partial charge on any atom is -0.497 e. The fourth-order valence-corrected chi connectivity index (χ4v) is 5.42. The zero-order chi connectivity index (χ0) is 29.9. The lowest BCUT2D eigenvalue weighted by Gasteiger charge is -2.25. The molecule has 1 atom stereocenters. The van der Waals surface area contributed by atoms with E-state index in [1.165, 1.54) is 19.2 Å². The first kappa shape index (κ1) is 30.2. The molecule has 1 aliphatic rings. The van der Waals surface area contributed by atoms with Crippen LogP contribution >= 0.6 is 0 Å². The van der Waals surface area contributed by atoms with E-state index in [1.54, 1.807) is 31.2 Å². The summed E-state index contributed by atoms with van der Waals surface area (Å²) in [5.41, 5.74) is 2.90. The van der Waals surface area contributed by atoms with Crippen molar-refractivity contribution in [1.82, 2.24) is 0 Å². The zero-order valence-electron chi connectivity index (χ0n) is 23.6. The molecule has 41 heavy (non-hydrogen) atoms. The van der Waals surface area contributed by atoms with Crippen LogP contribution in [0.5, 0.6) is 11.5 Å². The average Bonchev–Trinajstić information content (AvgIpc) is 3.28. The van der Waals surface area contributed by atoms with Crippen LogP contribution in [-0.2, 0) is 17.6 Å². The number of carboxylic acid groups (broad SMARTS) is 1. The van der Waals surface area contributed by atoms with Gasteiger partial charge in [0.2, 0.25) is 0 Å². The molecule has 0 unspecified atom stereocenters. The first-order chi connectivity index (χ1) is 19.3. The Hall–Kier alpha value is -3.81. The third kappa shape index (κ3) is 6.92. The molecule has 8 heteroatoms. The maximum Gasteiger partial charge on any atom is 0.416 e. The van der Waals surface area contributed by atoms with Gasteiger partial charge in [0.1, 0.15) is 23.9 Å². The lowest BCUT2D eigenvalue weighted by atomic mass is 9.79. The molecule has 4 rings (SSSR count). The number of ether oxygens (including phenoxy) is 2. The predicted octanol–water partition coefficient (Wildman–Crippen LogP) is 9.27. The topological polar surface area (TPSA) is 55.8 Å². The van der Waals surface area contributed by atoms with E-state index in [2.05, 4.69) is 19.9 Å². The van der Waals surface area contributed by atoms with Crippen LogP contribution in [0.1, 0.15) is 74.6 Å². The molecule has 218 valence electrons. The summed E-state index contributed by atoms with van der Waals surface area (Å²) in [6.07, 6.45) is -0.576. The van der Waals surface area contributed by atoms with Crippen molar-refractivity contribution in [1.29, 1.82) is 0 Å². The summed E-state index contributed by atoms with van der Waals surface area (Å²) in [6.45, 7) is 5.97. The Balaban J connectivity index is 1.72. The highest BCUT2D eigenvalue weighted by Crippen LogP contribution is 2.47. The number of allylic oxidation sites excluding steroid dienone is 2. The molecule has 4 nitrogen and oxygen atoms in total. The molecule has 3 aromatic carbocycles. The predicted molar refractivity (Wildman–Crippen MR) is 150 cm³/mol. The van der Waals surface area contributed by atoms with Gasteiger partial charge in [-0.05, 0) is 101 Å². The minimum absolute atomic E-state index is 0.00328. The van der Waals surface area contributed by atoms with Crippen LogP contribution in [0.4, 0.5) is 17.6 Å². The third-order valence-electron chi connectivity index (χ3n) is 7.73. The quantitative estimate of drug-likeness (QED) is 0.247. The Kier molecular flexibility index (Phi) is 8.80. The Morgan fingerprint density at radius 1 is 1.00 bits per heavy atom. The Bertz CT molecular complexity index is 1460. The molecule has 0 fully saturated rings. The van der Waals surface area contributed by atoms with E-state index in [-0.39, 0.29) is 29.8 Å². The van der Waals surface area contributed by atoms with Crippen LogP contribution in [0, 0.1) is 11.2 Å². The van der Waals surface area contributed by atoms with Crippen LogP contribution < -0.4 is 9.47 Å². The molecule has 1 N–H and O–H groups in total. The number of hydrogen-bond acceptors (Lipinski definition) is 3. The van der Waals surface area contributed by atoms with Crippen LogP contribution in [0.2, 0.25) is 0 Å². The second kappa shape index (κ2) is 12.0. The van der Waals surface area contributed by atoms with Crippen LogP contribution in [0.25, 0.3) is 16.7 Å². The Morgan fingerprint density at radius 3 is 2.37 bits per heavy atom. The summed E-state index contributed by atoms with van der Waals surface area (Å²) in [6, 6.07) is 13.5. The van der Waals surface area contributed by atoms with Crippen molar-refractivity contribution in [2.24, 2.45) is 5.41 Å². The maximum atomic E-state index is 15.0. The highest BCUT2D eigenvalue weighted by molar-refractivity contribution is 5.85. The zero-order valence-corrected chi connectivity index (χ0v) is 23.6.